The van der Waals surface area contributed by atoms with E-state index in [1.807, 2.05) is 28.0 Å². The van der Waals surface area contributed by atoms with E-state index < -0.39 is 0 Å². The number of benzene rings is 2. The number of nitro groups is 1. The first kappa shape index (κ1) is 24.9. The summed E-state index contributed by atoms with van der Waals surface area (Å²) in [5.74, 6) is -0.294. The third-order valence-electron chi connectivity index (χ3n) is 5.97. The van der Waals surface area contributed by atoms with Gasteiger partial charge in [-0.25, -0.2) is 0 Å². The average Bonchev–Trinajstić information content (AvgIpc) is 2.88. The molecular weight excluding hydrogens is 490 g/mol. The molecule has 4 rings (SSSR count). The fraction of sp³-hybridized carbons (Fsp3) is 0.333. The summed E-state index contributed by atoms with van der Waals surface area (Å²) < 4.78 is 5.39. The number of halogens is 1. The van der Waals surface area contributed by atoms with Gasteiger partial charge in [-0.2, -0.15) is 0 Å². The molecule has 2 aromatic carbocycles. The Bertz CT molecular complexity index is 1110. The molecular formula is C24H26ClN5O4S. The Balaban J connectivity index is 1.34. The maximum Gasteiger partial charge on any atom is 0.292 e. The second-order valence-corrected chi connectivity index (χ2v) is 9.01. The first-order valence-corrected chi connectivity index (χ1v) is 12.1. The highest BCUT2D eigenvalue weighted by atomic mass is 35.5. The molecule has 0 spiro atoms. The zero-order valence-corrected chi connectivity index (χ0v) is 20.6. The molecule has 1 N–H and O–H groups in total. The summed E-state index contributed by atoms with van der Waals surface area (Å²) >= 11 is 11.3. The van der Waals surface area contributed by atoms with Crippen molar-refractivity contribution in [2.75, 3.05) is 62.3 Å². The van der Waals surface area contributed by atoms with Crippen molar-refractivity contribution in [1.82, 2.24) is 10.2 Å². The van der Waals surface area contributed by atoms with Gasteiger partial charge in [-0.1, -0.05) is 23.7 Å². The molecule has 1 amide bonds. The number of ether oxygens (including phenoxy) is 1. The summed E-state index contributed by atoms with van der Waals surface area (Å²) in [4.78, 5) is 29.6. The summed E-state index contributed by atoms with van der Waals surface area (Å²) in [6.07, 6.45) is 3.14. The molecule has 2 aliphatic heterocycles. The van der Waals surface area contributed by atoms with Crippen molar-refractivity contribution in [1.29, 1.82) is 0 Å². The normalized spacial score (nSPS) is 16.4. The molecule has 9 nitrogen and oxygen atoms in total. The lowest BCUT2D eigenvalue weighted by Crippen LogP contribution is -2.52. The van der Waals surface area contributed by atoms with E-state index in [2.05, 4.69) is 10.2 Å². The molecule has 2 fully saturated rings. The van der Waals surface area contributed by atoms with E-state index in [-0.39, 0.29) is 16.5 Å². The van der Waals surface area contributed by atoms with Crippen LogP contribution in [0.2, 0.25) is 5.02 Å². The van der Waals surface area contributed by atoms with Crippen molar-refractivity contribution < 1.29 is 14.5 Å². The van der Waals surface area contributed by atoms with Crippen LogP contribution >= 0.6 is 23.8 Å². The SMILES string of the molecule is O=C(/C=C/c1ccc(Cl)cc1)NC(=S)N1CCN(c2ccc([N+](=O)[O-])c(N3CCOCC3)c2)CC1. The predicted molar refractivity (Wildman–Crippen MR) is 141 cm³/mol. The highest BCUT2D eigenvalue weighted by molar-refractivity contribution is 7.80. The van der Waals surface area contributed by atoms with Gasteiger partial charge in [0.1, 0.15) is 5.69 Å². The number of thiocarbonyl (C=S) groups is 1. The third kappa shape index (κ3) is 6.47. The number of hydrogen-bond donors (Lipinski definition) is 1. The number of anilines is 2. The topological polar surface area (TPSA) is 91.2 Å². The number of rotatable bonds is 5. The summed E-state index contributed by atoms with van der Waals surface area (Å²) in [6.45, 7) is 4.97. The van der Waals surface area contributed by atoms with Gasteiger partial charge in [-0.3, -0.25) is 20.2 Å². The highest BCUT2D eigenvalue weighted by Crippen LogP contribution is 2.33. The number of nitrogens with one attached hydrogen (secondary N) is 1. The molecule has 0 unspecified atom stereocenters. The molecule has 0 bridgehead atoms. The Morgan fingerprint density at radius 2 is 1.71 bits per heavy atom. The molecule has 2 aliphatic rings. The zero-order chi connectivity index (χ0) is 24.8. The molecule has 11 heteroatoms. The van der Waals surface area contributed by atoms with E-state index in [0.29, 0.717) is 68.3 Å². The van der Waals surface area contributed by atoms with Crippen LogP contribution in [-0.2, 0) is 9.53 Å². The summed E-state index contributed by atoms with van der Waals surface area (Å²) in [5, 5.41) is 15.3. The van der Waals surface area contributed by atoms with Crippen LogP contribution in [0.5, 0.6) is 0 Å². The lowest BCUT2D eigenvalue weighted by atomic mass is 10.1. The third-order valence-corrected chi connectivity index (χ3v) is 6.58. The summed E-state index contributed by atoms with van der Waals surface area (Å²) in [5.41, 5.74) is 2.51. The monoisotopic (exact) mass is 515 g/mol. The Hall–Kier alpha value is -3.21. The fourth-order valence-corrected chi connectivity index (χ4v) is 4.47. The van der Waals surface area contributed by atoms with Gasteiger partial charge in [0.2, 0.25) is 5.91 Å². The largest absolute Gasteiger partial charge is 0.378 e. The highest BCUT2D eigenvalue weighted by Gasteiger charge is 2.25. The molecule has 184 valence electrons. The van der Waals surface area contributed by atoms with Crippen LogP contribution in [-0.4, -0.2) is 73.3 Å². The second-order valence-electron chi connectivity index (χ2n) is 8.18. The van der Waals surface area contributed by atoms with Gasteiger partial charge in [-0.15, -0.1) is 0 Å². The molecule has 2 heterocycles. The molecule has 0 radical (unpaired) electrons. The fourth-order valence-electron chi connectivity index (χ4n) is 4.06. The van der Waals surface area contributed by atoms with Crippen LogP contribution in [0.4, 0.5) is 17.1 Å². The number of carbonyl (C=O) groups excluding carboxylic acids is 1. The van der Waals surface area contributed by atoms with Gasteiger partial charge in [0.15, 0.2) is 5.11 Å². The van der Waals surface area contributed by atoms with Crippen molar-refractivity contribution >= 4 is 58.0 Å². The molecule has 2 aromatic rings. The maximum atomic E-state index is 12.3. The van der Waals surface area contributed by atoms with E-state index in [1.165, 1.54) is 6.08 Å². The lowest BCUT2D eigenvalue weighted by Gasteiger charge is -2.37. The molecule has 0 saturated carbocycles. The van der Waals surface area contributed by atoms with Crippen molar-refractivity contribution in [3.05, 3.63) is 69.2 Å². The Morgan fingerprint density at radius 1 is 1.03 bits per heavy atom. The lowest BCUT2D eigenvalue weighted by molar-refractivity contribution is -0.384. The molecule has 35 heavy (non-hydrogen) atoms. The van der Waals surface area contributed by atoms with Gasteiger partial charge in [0.25, 0.3) is 5.69 Å². The summed E-state index contributed by atoms with van der Waals surface area (Å²) in [7, 11) is 0. The van der Waals surface area contributed by atoms with Crippen molar-refractivity contribution in [3.63, 3.8) is 0 Å². The quantitative estimate of drug-likeness (QED) is 0.281. The van der Waals surface area contributed by atoms with Gasteiger partial charge >= 0.3 is 0 Å². The Labute approximate surface area is 214 Å². The number of nitro benzene ring substituents is 1. The van der Waals surface area contributed by atoms with Crippen LogP contribution in [0.15, 0.2) is 48.5 Å². The average molecular weight is 516 g/mol. The van der Waals surface area contributed by atoms with E-state index in [4.69, 9.17) is 28.6 Å². The number of hydrogen-bond acceptors (Lipinski definition) is 7. The minimum Gasteiger partial charge on any atom is -0.378 e. The maximum absolute atomic E-state index is 12.3. The first-order chi connectivity index (χ1) is 16.9. The van der Waals surface area contributed by atoms with Gasteiger partial charge < -0.3 is 19.4 Å². The van der Waals surface area contributed by atoms with E-state index >= 15 is 0 Å². The van der Waals surface area contributed by atoms with Crippen molar-refractivity contribution in [3.8, 4) is 0 Å². The second kappa shape index (κ2) is 11.5. The van der Waals surface area contributed by atoms with Crippen LogP contribution in [0.25, 0.3) is 6.08 Å². The van der Waals surface area contributed by atoms with E-state index in [9.17, 15) is 14.9 Å². The number of piperazine rings is 1. The summed E-state index contributed by atoms with van der Waals surface area (Å²) in [6, 6.07) is 12.4. The number of carbonyl (C=O) groups is 1. The van der Waals surface area contributed by atoms with Crippen molar-refractivity contribution in [2.45, 2.75) is 0 Å². The van der Waals surface area contributed by atoms with Crippen LogP contribution in [0, 0.1) is 10.1 Å². The van der Waals surface area contributed by atoms with Crippen LogP contribution in [0.1, 0.15) is 5.56 Å². The number of amides is 1. The zero-order valence-electron chi connectivity index (χ0n) is 19.1. The molecule has 0 aromatic heterocycles. The van der Waals surface area contributed by atoms with Crippen LogP contribution in [0.3, 0.4) is 0 Å². The van der Waals surface area contributed by atoms with E-state index in [1.54, 1.807) is 30.3 Å². The van der Waals surface area contributed by atoms with Gasteiger partial charge in [0.05, 0.1) is 18.1 Å². The number of nitrogens with zero attached hydrogens (tertiary/aromatic N) is 4. The molecule has 0 aliphatic carbocycles. The Morgan fingerprint density at radius 3 is 2.37 bits per heavy atom. The minimum atomic E-state index is -0.338. The smallest absolute Gasteiger partial charge is 0.292 e. The molecule has 2 saturated heterocycles. The van der Waals surface area contributed by atoms with Gasteiger partial charge in [0, 0.05) is 62.1 Å². The molecule has 0 atom stereocenters. The minimum absolute atomic E-state index is 0.102. The van der Waals surface area contributed by atoms with Gasteiger partial charge in [-0.05, 0) is 48.1 Å². The first-order valence-electron chi connectivity index (χ1n) is 11.3. The van der Waals surface area contributed by atoms with E-state index in [0.717, 1.165) is 11.3 Å². The number of morpholine rings is 1. The Kier molecular flexibility index (Phi) is 8.17. The van der Waals surface area contributed by atoms with Crippen molar-refractivity contribution in [2.24, 2.45) is 0 Å². The standard InChI is InChI=1S/C24H26ClN5O4S/c25-19-4-1-18(2-5-19)3-8-23(31)26-24(35)29-11-9-27(10-12-29)20-6-7-21(30(32)33)22(17-20)28-13-15-34-16-14-28/h1-8,17H,9-16H2,(H,26,31,35)/b8-3+. The van der Waals surface area contributed by atoms with Crippen LogP contribution < -0.4 is 15.1 Å². The predicted octanol–water partition coefficient (Wildman–Crippen LogP) is 3.32.